The minimum Gasteiger partial charge on any atom is -0.493 e. The fourth-order valence-electron chi connectivity index (χ4n) is 2.77. The number of ether oxygens (including phenoxy) is 2. The van der Waals surface area contributed by atoms with Crippen LogP contribution in [0, 0.1) is 6.92 Å². The Morgan fingerprint density at radius 3 is 2.37 bits per heavy atom. The summed E-state index contributed by atoms with van der Waals surface area (Å²) in [5, 5.41) is 2.61. The molecular weight excluding hydrogens is 364 g/mol. The van der Waals surface area contributed by atoms with Crippen LogP contribution >= 0.6 is 12.2 Å². The summed E-state index contributed by atoms with van der Waals surface area (Å²) in [6.07, 6.45) is 1.47. The predicted molar refractivity (Wildman–Crippen MR) is 107 cm³/mol. The fourth-order valence-corrected chi connectivity index (χ4v) is 3.05. The molecule has 1 saturated heterocycles. The number of rotatable bonds is 4. The molecule has 1 fully saturated rings. The summed E-state index contributed by atoms with van der Waals surface area (Å²) >= 11 is 5.20. The van der Waals surface area contributed by atoms with Crippen molar-refractivity contribution < 1.29 is 19.1 Å². The van der Waals surface area contributed by atoms with Gasteiger partial charge in [0.05, 0.1) is 19.9 Å². The highest BCUT2D eigenvalue weighted by molar-refractivity contribution is 7.80. The number of aryl methyl sites for hydroxylation is 1. The summed E-state index contributed by atoms with van der Waals surface area (Å²) in [4.78, 5) is 26.7. The number of nitrogens with one attached hydrogen (secondary N) is 1. The molecule has 27 heavy (non-hydrogen) atoms. The fraction of sp³-hybridized carbons (Fsp3) is 0.150. The van der Waals surface area contributed by atoms with E-state index in [-0.39, 0.29) is 10.7 Å². The van der Waals surface area contributed by atoms with Gasteiger partial charge in [-0.25, -0.2) is 0 Å². The Morgan fingerprint density at radius 2 is 1.74 bits per heavy atom. The van der Waals surface area contributed by atoms with E-state index >= 15 is 0 Å². The second-order valence-electron chi connectivity index (χ2n) is 5.88. The first kappa shape index (κ1) is 18.6. The van der Waals surface area contributed by atoms with Gasteiger partial charge in [-0.2, -0.15) is 0 Å². The maximum absolute atomic E-state index is 13.0. The number of hydrogen-bond acceptors (Lipinski definition) is 5. The van der Waals surface area contributed by atoms with Gasteiger partial charge in [-0.3, -0.25) is 19.8 Å². The number of carbonyl (C=O) groups excluding carboxylic acids is 2. The molecule has 6 nitrogen and oxygen atoms in total. The van der Waals surface area contributed by atoms with E-state index in [1.807, 2.05) is 19.1 Å². The van der Waals surface area contributed by atoms with Gasteiger partial charge in [-0.1, -0.05) is 29.8 Å². The lowest BCUT2D eigenvalue weighted by Crippen LogP contribution is -2.54. The van der Waals surface area contributed by atoms with Gasteiger partial charge in [0, 0.05) is 5.56 Å². The van der Waals surface area contributed by atoms with Crippen LogP contribution in [-0.2, 0) is 9.59 Å². The van der Waals surface area contributed by atoms with Gasteiger partial charge < -0.3 is 9.47 Å². The summed E-state index contributed by atoms with van der Waals surface area (Å²) in [6.45, 7) is 1.95. The Balaban J connectivity index is 2.06. The molecule has 2 aromatic carbocycles. The van der Waals surface area contributed by atoms with Crippen molar-refractivity contribution in [2.45, 2.75) is 6.92 Å². The van der Waals surface area contributed by atoms with E-state index in [9.17, 15) is 9.59 Å². The van der Waals surface area contributed by atoms with Crippen LogP contribution in [0.4, 0.5) is 5.69 Å². The summed E-state index contributed by atoms with van der Waals surface area (Å²) in [5.74, 6) is -0.125. The molecule has 1 aliphatic heterocycles. The van der Waals surface area contributed by atoms with E-state index in [1.54, 1.807) is 30.3 Å². The van der Waals surface area contributed by atoms with Crippen LogP contribution in [0.2, 0.25) is 0 Å². The van der Waals surface area contributed by atoms with E-state index in [0.717, 1.165) is 5.56 Å². The highest BCUT2D eigenvalue weighted by Gasteiger charge is 2.34. The molecule has 1 N–H and O–H groups in total. The van der Waals surface area contributed by atoms with Crippen molar-refractivity contribution in [2.24, 2.45) is 0 Å². The van der Waals surface area contributed by atoms with Gasteiger partial charge >= 0.3 is 0 Å². The molecule has 0 spiro atoms. The molecule has 3 rings (SSSR count). The van der Waals surface area contributed by atoms with Crippen molar-refractivity contribution in [1.29, 1.82) is 0 Å². The third-order valence-corrected chi connectivity index (χ3v) is 4.41. The average molecular weight is 382 g/mol. The number of methoxy groups -OCH3 is 2. The lowest BCUT2D eigenvalue weighted by Gasteiger charge is -2.29. The maximum Gasteiger partial charge on any atom is 0.270 e. The van der Waals surface area contributed by atoms with Crippen molar-refractivity contribution >= 4 is 40.9 Å². The van der Waals surface area contributed by atoms with E-state index in [4.69, 9.17) is 21.7 Å². The summed E-state index contributed by atoms with van der Waals surface area (Å²) in [6, 6.07) is 12.5. The monoisotopic (exact) mass is 382 g/mol. The molecule has 2 amide bonds. The van der Waals surface area contributed by atoms with E-state index in [2.05, 4.69) is 5.32 Å². The van der Waals surface area contributed by atoms with Crippen LogP contribution in [-0.4, -0.2) is 31.1 Å². The number of carbonyl (C=O) groups is 2. The maximum atomic E-state index is 13.0. The quantitative estimate of drug-likeness (QED) is 0.500. The molecule has 138 valence electrons. The summed E-state index contributed by atoms with van der Waals surface area (Å²) < 4.78 is 10.6. The van der Waals surface area contributed by atoms with Crippen molar-refractivity contribution in [1.82, 2.24) is 5.32 Å². The SMILES string of the molecule is COc1cccc(/C=C2/C(=O)NC(=S)N(c3ccc(C)cc3)C2=O)c1OC. The molecular formula is C20H18N2O4S. The average Bonchev–Trinajstić information content (AvgIpc) is 2.66. The van der Waals surface area contributed by atoms with E-state index in [0.29, 0.717) is 22.7 Å². The first-order chi connectivity index (χ1) is 13.0. The third-order valence-electron chi connectivity index (χ3n) is 4.13. The van der Waals surface area contributed by atoms with Crippen LogP contribution in [0.3, 0.4) is 0 Å². The Bertz CT molecular complexity index is 951. The van der Waals surface area contributed by atoms with Crippen molar-refractivity contribution in [3.63, 3.8) is 0 Å². The smallest absolute Gasteiger partial charge is 0.270 e. The van der Waals surface area contributed by atoms with Gasteiger partial charge in [-0.05, 0) is 43.4 Å². The minimum absolute atomic E-state index is 0.0450. The highest BCUT2D eigenvalue weighted by Crippen LogP contribution is 2.33. The van der Waals surface area contributed by atoms with Crippen LogP contribution in [0.15, 0.2) is 48.0 Å². The molecule has 0 aromatic heterocycles. The number of para-hydroxylation sites is 1. The second kappa shape index (κ2) is 7.59. The molecule has 2 aromatic rings. The molecule has 0 bridgehead atoms. The normalized spacial score (nSPS) is 15.7. The number of thiocarbonyl (C=S) groups is 1. The summed E-state index contributed by atoms with van der Waals surface area (Å²) in [7, 11) is 3.02. The van der Waals surface area contributed by atoms with Gasteiger partial charge in [-0.15, -0.1) is 0 Å². The number of nitrogens with zero attached hydrogens (tertiary/aromatic N) is 1. The third kappa shape index (κ3) is 3.54. The van der Waals surface area contributed by atoms with Gasteiger partial charge in [0.2, 0.25) is 0 Å². The number of benzene rings is 2. The largest absolute Gasteiger partial charge is 0.493 e. The lowest BCUT2D eigenvalue weighted by atomic mass is 10.1. The van der Waals surface area contributed by atoms with Gasteiger partial charge in [0.15, 0.2) is 16.6 Å². The molecule has 0 radical (unpaired) electrons. The number of anilines is 1. The zero-order valence-electron chi connectivity index (χ0n) is 15.1. The number of hydrogen-bond donors (Lipinski definition) is 1. The lowest BCUT2D eigenvalue weighted by molar-refractivity contribution is -0.122. The molecule has 7 heteroatoms. The Labute approximate surface area is 162 Å². The highest BCUT2D eigenvalue weighted by atomic mass is 32.1. The van der Waals surface area contributed by atoms with Crippen LogP contribution in [0.5, 0.6) is 11.5 Å². The molecule has 1 heterocycles. The minimum atomic E-state index is -0.557. The van der Waals surface area contributed by atoms with Crippen molar-refractivity contribution in [3.05, 3.63) is 59.2 Å². The van der Waals surface area contributed by atoms with Gasteiger partial charge in [0.25, 0.3) is 11.8 Å². The Morgan fingerprint density at radius 1 is 1.04 bits per heavy atom. The molecule has 0 saturated carbocycles. The zero-order valence-corrected chi connectivity index (χ0v) is 15.9. The topological polar surface area (TPSA) is 67.9 Å². The molecule has 0 aliphatic carbocycles. The first-order valence-corrected chi connectivity index (χ1v) is 8.56. The van der Waals surface area contributed by atoms with Gasteiger partial charge in [0.1, 0.15) is 5.57 Å². The van der Waals surface area contributed by atoms with Crippen molar-refractivity contribution in [2.75, 3.05) is 19.1 Å². The molecule has 1 aliphatic rings. The standard InChI is InChI=1S/C20H18N2O4S/c1-12-7-9-14(10-8-12)22-19(24)15(18(23)21-20(22)27)11-13-5-4-6-16(25-2)17(13)26-3/h4-11H,1-3H3,(H,21,23,27)/b15-11-. The Hall–Kier alpha value is -3.19. The first-order valence-electron chi connectivity index (χ1n) is 8.15. The van der Waals surface area contributed by atoms with E-state index in [1.165, 1.54) is 25.2 Å². The Kier molecular flexibility index (Phi) is 5.23. The van der Waals surface area contributed by atoms with Crippen molar-refractivity contribution in [3.8, 4) is 11.5 Å². The predicted octanol–water partition coefficient (Wildman–Crippen LogP) is 2.84. The summed E-state index contributed by atoms with van der Waals surface area (Å²) in [5.41, 5.74) is 2.14. The number of amides is 2. The molecule has 0 atom stereocenters. The molecule has 0 unspecified atom stereocenters. The zero-order chi connectivity index (χ0) is 19.6. The van der Waals surface area contributed by atoms with Crippen LogP contribution in [0.25, 0.3) is 6.08 Å². The van der Waals surface area contributed by atoms with E-state index < -0.39 is 11.8 Å². The second-order valence-corrected chi connectivity index (χ2v) is 6.26. The van der Waals surface area contributed by atoms with Crippen LogP contribution in [0.1, 0.15) is 11.1 Å². The van der Waals surface area contributed by atoms with Crippen LogP contribution < -0.4 is 19.7 Å².